The predicted molar refractivity (Wildman–Crippen MR) is 116 cm³/mol. The van der Waals surface area contributed by atoms with E-state index in [2.05, 4.69) is 51.1 Å². The van der Waals surface area contributed by atoms with Crippen molar-refractivity contribution in [3.63, 3.8) is 0 Å². The molecule has 0 saturated carbocycles. The summed E-state index contributed by atoms with van der Waals surface area (Å²) in [6.45, 7) is 5.13. The van der Waals surface area contributed by atoms with Gasteiger partial charge in [0.25, 0.3) is 0 Å². The van der Waals surface area contributed by atoms with E-state index in [-0.39, 0.29) is 0 Å². The molecule has 1 unspecified atom stereocenters. The molecule has 1 atom stereocenters. The number of furan rings is 1. The van der Waals surface area contributed by atoms with Gasteiger partial charge in [-0.05, 0) is 55.3 Å². The molecular weight excluding hydrogens is 360 g/mol. The zero-order valence-corrected chi connectivity index (χ0v) is 16.8. The van der Waals surface area contributed by atoms with E-state index in [1.54, 1.807) is 0 Å². The first-order valence-corrected chi connectivity index (χ1v) is 10.3. The van der Waals surface area contributed by atoms with Crippen molar-refractivity contribution in [2.24, 2.45) is 5.92 Å². The van der Waals surface area contributed by atoms with Crippen LogP contribution in [0.2, 0.25) is 0 Å². The smallest absolute Gasteiger partial charge is 0.134 e. The van der Waals surface area contributed by atoms with Gasteiger partial charge >= 0.3 is 0 Å². The van der Waals surface area contributed by atoms with Gasteiger partial charge in [0.1, 0.15) is 11.3 Å². The Morgan fingerprint density at radius 2 is 1.93 bits per heavy atom. The molecule has 5 heteroatoms. The number of rotatable bonds is 4. The number of para-hydroxylation sites is 1. The van der Waals surface area contributed by atoms with Crippen LogP contribution in [0.25, 0.3) is 22.0 Å². The Bertz CT molecular complexity index is 1080. The van der Waals surface area contributed by atoms with Crippen molar-refractivity contribution in [2.75, 3.05) is 33.2 Å². The number of nitrogens with zero attached hydrogens (tertiary/aromatic N) is 4. The maximum absolute atomic E-state index is 6.08. The molecule has 3 aromatic heterocycles. The largest absolute Gasteiger partial charge is 0.460 e. The molecule has 4 aromatic rings. The summed E-state index contributed by atoms with van der Waals surface area (Å²) in [5.74, 6) is 1.59. The lowest BCUT2D eigenvalue weighted by molar-refractivity contribution is 0.232. The maximum Gasteiger partial charge on any atom is 0.134 e. The number of fused-ring (bicyclic) bond motifs is 2. The number of likely N-dealkylation sites (N-methyl/N-ethyl adjacent to an activating group) is 1. The van der Waals surface area contributed by atoms with Gasteiger partial charge in [-0.25, -0.2) is 0 Å². The second-order valence-electron chi connectivity index (χ2n) is 8.16. The van der Waals surface area contributed by atoms with Crippen molar-refractivity contribution >= 4 is 22.0 Å². The van der Waals surface area contributed by atoms with Crippen LogP contribution >= 0.6 is 0 Å². The molecule has 1 aromatic carbocycles. The summed E-state index contributed by atoms with van der Waals surface area (Å²) < 4.78 is 6.08. The molecule has 0 amide bonds. The van der Waals surface area contributed by atoms with Crippen molar-refractivity contribution in [1.29, 1.82) is 0 Å². The maximum atomic E-state index is 6.08. The highest BCUT2D eigenvalue weighted by Crippen LogP contribution is 2.23. The molecule has 29 heavy (non-hydrogen) atoms. The van der Waals surface area contributed by atoms with Gasteiger partial charge in [0.2, 0.25) is 0 Å². The average Bonchev–Trinajstić information content (AvgIpc) is 3.06. The van der Waals surface area contributed by atoms with E-state index in [1.165, 1.54) is 10.9 Å². The van der Waals surface area contributed by atoms with E-state index in [0.29, 0.717) is 5.92 Å². The summed E-state index contributed by atoms with van der Waals surface area (Å²) in [5.41, 5.74) is 4.27. The van der Waals surface area contributed by atoms with Crippen molar-refractivity contribution < 1.29 is 4.42 Å². The van der Waals surface area contributed by atoms with E-state index in [4.69, 9.17) is 4.42 Å². The van der Waals surface area contributed by atoms with E-state index >= 15 is 0 Å². The van der Waals surface area contributed by atoms with Crippen LogP contribution in [0.4, 0.5) is 0 Å². The summed E-state index contributed by atoms with van der Waals surface area (Å²) >= 11 is 0. The molecule has 5 rings (SSSR count). The fourth-order valence-electron chi connectivity index (χ4n) is 4.48. The van der Waals surface area contributed by atoms with E-state index in [0.717, 1.165) is 61.5 Å². The second-order valence-corrected chi connectivity index (χ2v) is 8.16. The summed E-state index contributed by atoms with van der Waals surface area (Å²) in [4.78, 5) is 14.0. The molecule has 0 spiro atoms. The molecule has 5 nitrogen and oxygen atoms in total. The number of pyridine rings is 2. The van der Waals surface area contributed by atoms with Crippen molar-refractivity contribution in [2.45, 2.75) is 13.0 Å². The highest BCUT2D eigenvalue weighted by molar-refractivity contribution is 5.78. The van der Waals surface area contributed by atoms with Crippen molar-refractivity contribution in [3.05, 3.63) is 72.2 Å². The molecular formula is C24H26N4O. The minimum absolute atomic E-state index is 0.541. The third-order valence-corrected chi connectivity index (χ3v) is 5.83. The lowest BCUT2D eigenvalue weighted by Gasteiger charge is -2.23. The monoisotopic (exact) mass is 386 g/mol. The standard InChI is InChI=1S/C24H26N4O/c1-27-11-12-28(17-21-14-19-5-2-3-7-23(19)29-21)16-18(15-27)13-20-8-10-25-22-6-4-9-26-24(20)22/h2-10,14,18H,11-13,15-17H2,1H3. The summed E-state index contributed by atoms with van der Waals surface area (Å²) in [7, 11) is 2.22. The molecule has 0 bridgehead atoms. The topological polar surface area (TPSA) is 45.4 Å². The van der Waals surface area contributed by atoms with Crippen LogP contribution in [-0.2, 0) is 13.0 Å². The number of hydrogen-bond donors (Lipinski definition) is 0. The quantitative estimate of drug-likeness (QED) is 0.531. The van der Waals surface area contributed by atoms with Gasteiger partial charge in [-0.3, -0.25) is 14.9 Å². The van der Waals surface area contributed by atoms with Gasteiger partial charge in [-0.15, -0.1) is 0 Å². The van der Waals surface area contributed by atoms with Crippen LogP contribution in [0, 0.1) is 5.92 Å². The van der Waals surface area contributed by atoms with E-state index in [9.17, 15) is 0 Å². The van der Waals surface area contributed by atoms with Crippen molar-refractivity contribution in [1.82, 2.24) is 19.8 Å². The van der Waals surface area contributed by atoms with Gasteiger partial charge in [-0.1, -0.05) is 18.2 Å². The average molecular weight is 386 g/mol. The van der Waals surface area contributed by atoms with Crippen LogP contribution in [0.3, 0.4) is 0 Å². The molecule has 1 saturated heterocycles. The second kappa shape index (κ2) is 7.93. The van der Waals surface area contributed by atoms with Gasteiger partial charge in [0.05, 0.1) is 17.6 Å². The normalized spacial score (nSPS) is 19.0. The molecule has 1 aliphatic heterocycles. The molecule has 0 aliphatic carbocycles. The Morgan fingerprint density at radius 1 is 1.00 bits per heavy atom. The van der Waals surface area contributed by atoms with Gasteiger partial charge < -0.3 is 9.32 Å². The Kier molecular flexibility index (Phi) is 5.00. The summed E-state index contributed by atoms with van der Waals surface area (Å²) in [6, 6.07) is 16.5. The first-order valence-electron chi connectivity index (χ1n) is 10.3. The van der Waals surface area contributed by atoms with Crippen LogP contribution in [0.15, 0.2) is 65.3 Å². The highest BCUT2D eigenvalue weighted by atomic mass is 16.3. The minimum Gasteiger partial charge on any atom is -0.460 e. The SMILES string of the molecule is CN1CCN(Cc2cc3ccccc3o2)CC(Cc2ccnc3cccnc23)C1. The highest BCUT2D eigenvalue weighted by Gasteiger charge is 2.23. The molecule has 4 heterocycles. The molecule has 0 radical (unpaired) electrons. The number of hydrogen-bond acceptors (Lipinski definition) is 5. The lowest BCUT2D eigenvalue weighted by Crippen LogP contribution is -2.30. The van der Waals surface area contributed by atoms with E-state index in [1.807, 2.05) is 36.7 Å². The van der Waals surface area contributed by atoms with Gasteiger partial charge in [-0.2, -0.15) is 0 Å². The summed E-state index contributed by atoms with van der Waals surface area (Å²) in [5, 5.41) is 1.18. The number of benzene rings is 1. The third-order valence-electron chi connectivity index (χ3n) is 5.83. The third kappa shape index (κ3) is 4.02. The molecule has 1 aliphatic rings. The van der Waals surface area contributed by atoms with Gasteiger partial charge in [0, 0.05) is 44.0 Å². The minimum atomic E-state index is 0.541. The Labute approximate surface area is 171 Å². The Balaban J connectivity index is 1.35. The first-order chi connectivity index (χ1) is 14.2. The molecule has 1 fully saturated rings. The van der Waals surface area contributed by atoms with Crippen LogP contribution < -0.4 is 0 Å². The van der Waals surface area contributed by atoms with Crippen LogP contribution in [0.1, 0.15) is 11.3 Å². The zero-order valence-electron chi connectivity index (χ0n) is 16.8. The fraction of sp³-hybridized carbons (Fsp3) is 0.333. The number of aromatic nitrogens is 2. The summed E-state index contributed by atoms with van der Waals surface area (Å²) in [6.07, 6.45) is 4.78. The first kappa shape index (κ1) is 18.3. The zero-order chi connectivity index (χ0) is 19.6. The Morgan fingerprint density at radius 3 is 2.86 bits per heavy atom. The lowest BCUT2D eigenvalue weighted by atomic mass is 9.98. The van der Waals surface area contributed by atoms with Crippen LogP contribution in [-0.4, -0.2) is 53.0 Å². The fourth-order valence-corrected chi connectivity index (χ4v) is 4.48. The molecule has 148 valence electrons. The Hall–Kier alpha value is -2.76. The van der Waals surface area contributed by atoms with Gasteiger partial charge in [0.15, 0.2) is 0 Å². The van der Waals surface area contributed by atoms with Crippen molar-refractivity contribution in [3.8, 4) is 0 Å². The van der Waals surface area contributed by atoms with Crippen LogP contribution in [0.5, 0.6) is 0 Å². The molecule has 0 N–H and O–H groups in total. The predicted octanol–water partition coefficient (Wildman–Crippen LogP) is 3.98. The van der Waals surface area contributed by atoms with E-state index < -0.39 is 0 Å².